The first-order valence-corrected chi connectivity index (χ1v) is 11.1. The molecule has 1 amide bonds. The van der Waals surface area contributed by atoms with Crippen LogP contribution < -0.4 is 25.8 Å². The Balaban J connectivity index is 0.00000385. The molecular formula is C25H35IN4O3. The van der Waals surface area contributed by atoms with Gasteiger partial charge in [-0.25, -0.2) is 0 Å². The summed E-state index contributed by atoms with van der Waals surface area (Å²) >= 11 is 0. The van der Waals surface area contributed by atoms with E-state index in [2.05, 4.69) is 27.8 Å². The third-order valence-electron chi connectivity index (χ3n) is 6.30. The van der Waals surface area contributed by atoms with Crippen LogP contribution in [-0.2, 0) is 12.0 Å². The van der Waals surface area contributed by atoms with Crippen LogP contribution in [0.3, 0.4) is 0 Å². The minimum absolute atomic E-state index is 0. The molecule has 180 valence electrons. The van der Waals surface area contributed by atoms with Crippen molar-refractivity contribution in [2.45, 2.75) is 44.1 Å². The summed E-state index contributed by atoms with van der Waals surface area (Å²) < 4.78 is 11.0. The SMILES string of the molecule is CN=C(NCc1cccc(C(N)=O)c1)NCC1(c2ccc(OC)c(OC)c2)CCCCC1.I. The molecule has 1 aliphatic carbocycles. The molecule has 0 radical (unpaired) electrons. The van der Waals surface area contributed by atoms with Crippen LogP contribution in [0.4, 0.5) is 0 Å². The lowest BCUT2D eigenvalue weighted by molar-refractivity contribution is 0.1000. The lowest BCUT2D eigenvalue weighted by Gasteiger charge is -2.38. The summed E-state index contributed by atoms with van der Waals surface area (Å²) in [5, 5.41) is 6.87. The number of carbonyl (C=O) groups excluding carboxylic acids is 1. The maximum absolute atomic E-state index is 11.4. The van der Waals surface area contributed by atoms with E-state index in [4.69, 9.17) is 15.2 Å². The first kappa shape index (κ1) is 26.8. The number of amides is 1. The third kappa shape index (κ3) is 6.75. The molecule has 1 saturated carbocycles. The third-order valence-corrected chi connectivity index (χ3v) is 6.30. The van der Waals surface area contributed by atoms with Crippen molar-refractivity contribution in [3.8, 4) is 11.5 Å². The molecule has 1 aliphatic rings. The minimum atomic E-state index is -0.427. The number of guanidine groups is 1. The van der Waals surface area contributed by atoms with Crippen molar-refractivity contribution in [3.63, 3.8) is 0 Å². The van der Waals surface area contributed by atoms with Gasteiger partial charge in [0.25, 0.3) is 0 Å². The number of carbonyl (C=O) groups is 1. The van der Waals surface area contributed by atoms with Crippen LogP contribution in [0.5, 0.6) is 11.5 Å². The van der Waals surface area contributed by atoms with E-state index in [1.807, 2.05) is 18.2 Å². The van der Waals surface area contributed by atoms with Gasteiger partial charge in [0.2, 0.25) is 5.91 Å². The molecule has 0 aliphatic heterocycles. The summed E-state index contributed by atoms with van der Waals surface area (Å²) in [6.45, 7) is 1.31. The molecular weight excluding hydrogens is 531 g/mol. The van der Waals surface area contributed by atoms with E-state index in [0.717, 1.165) is 42.4 Å². The number of benzene rings is 2. The Kier molecular flexibility index (Phi) is 10.3. The van der Waals surface area contributed by atoms with Crippen molar-refractivity contribution in [2.75, 3.05) is 27.8 Å². The first-order valence-electron chi connectivity index (χ1n) is 11.1. The standard InChI is InChI=1S/C25H34N4O3.HI/c1-27-24(28-16-18-8-7-9-19(14-18)23(26)30)29-17-25(12-5-4-6-13-25)20-10-11-21(31-2)22(15-20)32-3;/h7-11,14-15H,4-6,12-13,16-17H2,1-3H3,(H2,26,30)(H2,27,28,29);1H. The first-order chi connectivity index (χ1) is 15.5. The van der Waals surface area contributed by atoms with Crippen molar-refractivity contribution in [1.82, 2.24) is 10.6 Å². The molecule has 0 atom stereocenters. The maximum Gasteiger partial charge on any atom is 0.248 e. The van der Waals surface area contributed by atoms with Crippen molar-refractivity contribution >= 4 is 35.8 Å². The lowest BCUT2D eigenvalue weighted by Crippen LogP contribution is -2.46. The molecule has 0 bridgehead atoms. The molecule has 0 spiro atoms. The van der Waals surface area contributed by atoms with E-state index in [0.29, 0.717) is 12.1 Å². The second kappa shape index (κ2) is 12.7. The molecule has 7 nitrogen and oxygen atoms in total. The van der Waals surface area contributed by atoms with E-state index in [-0.39, 0.29) is 29.4 Å². The van der Waals surface area contributed by atoms with Crippen LogP contribution in [0.1, 0.15) is 53.6 Å². The number of halogens is 1. The summed E-state index contributed by atoms with van der Waals surface area (Å²) in [6.07, 6.45) is 5.86. The molecule has 2 aromatic rings. The molecule has 3 rings (SSSR count). The van der Waals surface area contributed by atoms with Gasteiger partial charge in [-0.3, -0.25) is 9.79 Å². The van der Waals surface area contributed by atoms with Gasteiger partial charge in [0.15, 0.2) is 17.5 Å². The van der Waals surface area contributed by atoms with E-state index < -0.39 is 5.91 Å². The van der Waals surface area contributed by atoms with Gasteiger partial charge >= 0.3 is 0 Å². The molecule has 33 heavy (non-hydrogen) atoms. The molecule has 8 heteroatoms. The zero-order valence-electron chi connectivity index (χ0n) is 19.6. The summed E-state index contributed by atoms with van der Waals surface area (Å²) in [4.78, 5) is 15.8. The molecule has 1 fully saturated rings. The normalized spacial score (nSPS) is 15.2. The van der Waals surface area contributed by atoms with Crippen molar-refractivity contribution in [1.29, 1.82) is 0 Å². The topological polar surface area (TPSA) is 98.0 Å². The zero-order valence-corrected chi connectivity index (χ0v) is 22.0. The quantitative estimate of drug-likeness (QED) is 0.255. The Labute approximate surface area is 213 Å². The molecule has 0 heterocycles. The molecule has 0 saturated heterocycles. The van der Waals surface area contributed by atoms with Crippen LogP contribution in [0, 0.1) is 0 Å². The number of hydrogen-bond donors (Lipinski definition) is 3. The number of rotatable bonds is 8. The van der Waals surface area contributed by atoms with Gasteiger partial charge < -0.3 is 25.8 Å². The number of ether oxygens (including phenoxy) is 2. The molecule has 4 N–H and O–H groups in total. The number of hydrogen-bond acceptors (Lipinski definition) is 4. The Morgan fingerprint density at radius 2 is 1.76 bits per heavy atom. The fourth-order valence-electron chi connectivity index (χ4n) is 4.46. The summed E-state index contributed by atoms with van der Waals surface area (Å²) in [5.74, 6) is 1.79. The van der Waals surface area contributed by atoms with E-state index in [1.54, 1.807) is 33.4 Å². The minimum Gasteiger partial charge on any atom is -0.493 e. The lowest BCUT2D eigenvalue weighted by atomic mass is 9.69. The average molecular weight is 566 g/mol. The van der Waals surface area contributed by atoms with Gasteiger partial charge in [-0.2, -0.15) is 0 Å². The largest absolute Gasteiger partial charge is 0.493 e. The number of aliphatic imine (C=N–C) groups is 1. The fourth-order valence-corrected chi connectivity index (χ4v) is 4.46. The van der Waals surface area contributed by atoms with Gasteiger partial charge in [0.1, 0.15) is 0 Å². The van der Waals surface area contributed by atoms with Gasteiger partial charge in [0.05, 0.1) is 14.2 Å². The summed E-state index contributed by atoms with van der Waals surface area (Å²) in [7, 11) is 5.09. The van der Waals surface area contributed by atoms with Crippen molar-refractivity contribution in [3.05, 3.63) is 59.2 Å². The van der Waals surface area contributed by atoms with Crippen LogP contribution in [0.15, 0.2) is 47.5 Å². The monoisotopic (exact) mass is 566 g/mol. The van der Waals surface area contributed by atoms with Crippen molar-refractivity contribution in [2.24, 2.45) is 10.7 Å². The van der Waals surface area contributed by atoms with Gasteiger partial charge in [0, 0.05) is 31.1 Å². The average Bonchev–Trinajstić information content (AvgIpc) is 2.84. The predicted octanol–water partition coefficient (Wildman–Crippen LogP) is 3.99. The smallest absolute Gasteiger partial charge is 0.248 e. The number of methoxy groups -OCH3 is 2. The van der Waals surface area contributed by atoms with Gasteiger partial charge in [-0.15, -0.1) is 24.0 Å². The number of nitrogens with one attached hydrogen (secondary N) is 2. The van der Waals surface area contributed by atoms with Gasteiger partial charge in [-0.1, -0.05) is 37.5 Å². The summed E-state index contributed by atoms with van der Waals surface area (Å²) in [5.41, 5.74) is 8.12. The van der Waals surface area contributed by atoms with Crippen LogP contribution in [-0.4, -0.2) is 39.7 Å². The Bertz CT molecular complexity index is 958. The highest BCUT2D eigenvalue weighted by Gasteiger charge is 2.34. The maximum atomic E-state index is 11.4. The zero-order chi connectivity index (χ0) is 23.0. The predicted molar refractivity (Wildman–Crippen MR) is 143 cm³/mol. The van der Waals surface area contributed by atoms with E-state index in [9.17, 15) is 4.79 Å². The van der Waals surface area contributed by atoms with Gasteiger partial charge in [-0.05, 0) is 48.2 Å². The fraction of sp³-hybridized carbons (Fsp3) is 0.440. The van der Waals surface area contributed by atoms with Crippen LogP contribution in [0.2, 0.25) is 0 Å². The highest BCUT2D eigenvalue weighted by Crippen LogP contribution is 2.42. The molecule has 2 aromatic carbocycles. The number of nitrogens with zero attached hydrogens (tertiary/aromatic N) is 1. The van der Waals surface area contributed by atoms with E-state index in [1.165, 1.54) is 24.8 Å². The highest BCUT2D eigenvalue weighted by molar-refractivity contribution is 14.0. The molecule has 0 aromatic heterocycles. The van der Waals surface area contributed by atoms with Crippen LogP contribution >= 0.6 is 24.0 Å². The van der Waals surface area contributed by atoms with Crippen LogP contribution in [0.25, 0.3) is 0 Å². The highest BCUT2D eigenvalue weighted by atomic mass is 127. The molecule has 0 unspecified atom stereocenters. The Morgan fingerprint density at radius 1 is 1.03 bits per heavy atom. The Morgan fingerprint density at radius 3 is 2.39 bits per heavy atom. The van der Waals surface area contributed by atoms with Crippen molar-refractivity contribution < 1.29 is 14.3 Å². The number of primary amides is 1. The van der Waals surface area contributed by atoms with E-state index >= 15 is 0 Å². The second-order valence-corrected chi connectivity index (χ2v) is 8.25. The second-order valence-electron chi connectivity index (χ2n) is 8.25. The summed E-state index contributed by atoms with van der Waals surface area (Å²) in [6, 6.07) is 13.6. The number of nitrogens with two attached hydrogens (primary N) is 1. The Hall–Kier alpha value is -2.49.